The molecule has 0 unspecified atom stereocenters. The Morgan fingerprint density at radius 2 is 1.81 bits per heavy atom. The molecule has 2 aromatic rings. The highest BCUT2D eigenvalue weighted by atomic mass is 19.2. The van der Waals surface area contributed by atoms with Gasteiger partial charge in [0.05, 0.1) is 5.69 Å². The third kappa shape index (κ3) is 4.19. The van der Waals surface area contributed by atoms with Crippen molar-refractivity contribution in [3.05, 3.63) is 47.2 Å². The second-order valence-electron chi connectivity index (χ2n) is 6.26. The van der Waals surface area contributed by atoms with Crippen LogP contribution in [0.2, 0.25) is 0 Å². The fraction of sp³-hybridized carbons (Fsp3) is 0.389. The lowest BCUT2D eigenvalue weighted by molar-refractivity contribution is 0.102. The first kappa shape index (κ1) is 19.1. The molecule has 3 rings (SSSR count). The number of aromatic nitrogens is 2. The fourth-order valence-electron chi connectivity index (χ4n) is 2.93. The molecular formula is C18H20F3N5O. The molecule has 1 aliphatic heterocycles. The molecule has 1 fully saturated rings. The minimum absolute atomic E-state index is 0.0274. The van der Waals surface area contributed by atoms with Gasteiger partial charge in [0, 0.05) is 32.2 Å². The maximum absolute atomic E-state index is 13.8. The van der Waals surface area contributed by atoms with Crippen LogP contribution in [0.4, 0.5) is 24.7 Å². The summed E-state index contributed by atoms with van der Waals surface area (Å²) in [4.78, 5) is 25.2. The van der Waals surface area contributed by atoms with Gasteiger partial charge in [-0.3, -0.25) is 4.79 Å². The molecular weight excluding hydrogens is 359 g/mol. The molecule has 9 heteroatoms. The number of amides is 1. The number of nitrogens with one attached hydrogen (secondary N) is 1. The van der Waals surface area contributed by atoms with Crippen LogP contribution in [0.25, 0.3) is 0 Å². The summed E-state index contributed by atoms with van der Waals surface area (Å²) in [6, 6.07) is 3.23. The second kappa shape index (κ2) is 7.91. The zero-order valence-electron chi connectivity index (χ0n) is 15.1. The number of likely N-dealkylation sites (N-methyl/N-ethyl adjacent to an activating group) is 1. The summed E-state index contributed by atoms with van der Waals surface area (Å²) in [5, 5.41) is 2.23. The van der Waals surface area contributed by atoms with Crippen molar-refractivity contribution in [2.24, 2.45) is 0 Å². The Bertz CT molecular complexity index is 853. The Hall–Kier alpha value is -2.68. The van der Waals surface area contributed by atoms with Crippen molar-refractivity contribution in [2.75, 3.05) is 42.9 Å². The van der Waals surface area contributed by atoms with E-state index >= 15 is 0 Å². The molecule has 6 nitrogen and oxygen atoms in total. The Labute approximate surface area is 155 Å². The van der Waals surface area contributed by atoms with Crippen LogP contribution in [0.1, 0.15) is 23.2 Å². The van der Waals surface area contributed by atoms with Crippen molar-refractivity contribution in [1.82, 2.24) is 14.9 Å². The predicted molar refractivity (Wildman–Crippen MR) is 95.4 cm³/mol. The summed E-state index contributed by atoms with van der Waals surface area (Å²) in [6.07, 6.45) is 0. The first-order valence-electron chi connectivity index (χ1n) is 8.67. The monoisotopic (exact) mass is 379 g/mol. The number of piperazine rings is 1. The van der Waals surface area contributed by atoms with E-state index in [1.807, 2.05) is 0 Å². The van der Waals surface area contributed by atoms with Gasteiger partial charge in [0.2, 0.25) is 0 Å². The van der Waals surface area contributed by atoms with Crippen molar-refractivity contribution in [3.63, 3.8) is 0 Å². The Morgan fingerprint density at radius 1 is 1.11 bits per heavy atom. The molecule has 1 amide bonds. The van der Waals surface area contributed by atoms with Crippen LogP contribution in [-0.2, 0) is 0 Å². The molecule has 1 aromatic heterocycles. The molecule has 0 aliphatic carbocycles. The number of carbonyl (C=O) groups is 1. The van der Waals surface area contributed by atoms with E-state index in [2.05, 4.69) is 32.0 Å². The molecule has 1 saturated heterocycles. The number of halogens is 3. The summed E-state index contributed by atoms with van der Waals surface area (Å²) in [5.74, 6) is -4.14. The van der Waals surface area contributed by atoms with Crippen LogP contribution in [-0.4, -0.2) is 53.5 Å². The largest absolute Gasteiger partial charge is 0.354 e. The van der Waals surface area contributed by atoms with E-state index in [1.54, 1.807) is 6.92 Å². The molecule has 1 N–H and O–H groups in total. The zero-order valence-corrected chi connectivity index (χ0v) is 15.1. The van der Waals surface area contributed by atoms with E-state index in [1.165, 1.54) is 6.07 Å². The van der Waals surface area contributed by atoms with Gasteiger partial charge in [0.1, 0.15) is 17.3 Å². The number of benzene rings is 1. The van der Waals surface area contributed by atoms with Crippen LogP contribution in [0.3, 0.4) is 0 Å². The first-order valence-corrected chi connectivity index (χ1v) is 8.67. The molecule has 0 atom stereocenters. The van der Waals surface area contributed by atoms with Crippen LogP contribution in [0, 0.1) is 24.4 Å². The Morgan fingerprint density at radius 3 is 2.48 bits per heavy atom. The first-order chi connectivity index (χ1) is 12.9. The number of carbonyl (C=O) groups excluding carboxylic acids is 1. The van der Waals surface area contributed by atoms with E-state index in [4.69, 9.17) is 0 Å². The van der Waals surface area contributed by atoms with Gasteiger partial charge < -0.3 is 15.1 Å². The van der Waals surface area contributed by atoms with Gasteiger partial charge >= 0.3 is 0 Å². The van der Waals surface area contributed by atoms with Crippen LogP contribution >= 0.6 is 0 Å². The maximum atomic E-state index is 13.8. The highest BCUT2D eigenvalue weighted by molar-refractivity contribution is 6.03. The molecule has 0 spiro atoms. The lowest BCUT2D eigenvalue weighted by Crippen LogP contribution is -2.46. The molecule has 0 bridgehead atoms. The molecule has 144 valence electrons. The molecule has 27 heavy (non-hydrogen) atoms. The van der Waals surface area contributed by atoms with Crippen molar-refractivity contribution in [1.29, 1.82) is 0 Å². The third-order valence-electron chi connectivity index (χ3n) is 4.48. The standard InChI is InChI=1S/C18H20F3N5O/c1-3-25-6-8-26(9-7-25)15-10-14(22-11(2)23-15)18(27)24-13-5-4-12(19)16(20)17(13)21/h4-5,10H,3,6-9H2,1-2H3,(H,24,27). The van der Waals surface area contributed by atoms with Gasteiger partial charge in [0.25, 0.3) is 5.91 Å². The van der Waals surface area contributed by atoms with Crippen LogP contribution < -0.4 is 10.2 Å². The number of rotatable bonds is 4. The van der Waals surface area contributed by atoms with E-state index in [9.17, 15) is 18.0 Å². The number of nitrogens with zero attached hydrogens (tertiary/aromatic N) is 4. The number of anilines is 2. The second-order valence-corrected chi connectivity index (χ2v) is 6.26. The third-order valence-corrected chi connectivity index (χ3v) is 4.48. The average Bonchev–Trinajstić information content (AvgIpc) is 2.68. The minimum atomic E-state index is -1.64. The summed E-state index contributed by atoms with van der Waals surface area (Å²) < 4.78 is 40.1. The van der Waals surface area contributed by atoms with Crippen molar-refractivity contribution >= 4 is 17.4 Å². The van der Waals surface area contributed by atoms with Gasteiger partial charge in [-0.25, -0.2) is 23.1 Å². The maximum Gasteiger partial charge on any atom is 0.274 e. The molecule has 1 aliphatic rings. The smallest absolute Gasteiger partial charge is 0.274 e. The molecule has 2 heterocycles. The predicted octanol–water partition coefficient (Wildman–Crippen LogP) is 2.60. The Balaban J connectivity index is 1.80. The topological polar surface area (TPSA) is 61.4 Å². The quantitative estimate of drug-likeness (QED) is 0.828. The number of hydrogen-bond acceptors (Lipinski definition) is 5. The minimum Gasteiger partial charge on any atom is -0.354 e. The van der Waals surface area contributed by atoms with Gasteiger partial charge in [-0.2, -0.15) is 0 Å². The van der Waals surface area contributed by atoms with Crippen LogP contribution in [0.15, 0.2) is 18.2 Å². The highest BCUT2D eigenvalue weighted by Crippen LogP contribution is 2.21. The number of hydrogen-bond donors (Lipinski definition) is 1. The van der Waals surface area contributed by atoms with E-state index in [-0.39, 0.29) is 5.69 Å². The number of aryl methyl sites for hydroxylation is 1. The van der Waals surface area contributed by atoms with E-state index in [0.29, 0.717) is 11.6 Å². The van der Waals surface area contributed by atoms with Gasteiger partial charge in [-0.05, 0) is 25.6 Å². The summed E-state index contributed by atoms with van der Waals surface area (Å²) in [7, 11) is 0. The normalized spacial score (nSPS) is 15.1. The average molecular weight is 379 g/mol. The molecule has 0 radical (unpaired) electrons. The highest BCUT2D eigenvalue weighted by Gasteiger charge is 2.21. The van der Waals surface area contributed by atoms with E-state index in [0.717, 1.165) is 44.9 Å². The van der Waals surface area contributed by atoms with Crippen molar-refractivity contribution in [3.8, 4) is 0 Å². The summed E-state index contributed by atoms with van der Waals surface area (Å²) in [6.45, 7) is 8.05. The fourth-order valence-corrected chi connectivity index (χ4v) is 2.93. The zero-order chi connectivity index (χ0) is 19.6. The summed E-state index contributed by atoms with van der Waals surface area (Å²) in [5.41, 5.74) is -0.423. The van der Waals surface area contributed by atoms with Crippen molar-refractivity contribution < 1.29 is 18.0 Å². The lowest BCUT2D eigenvalue weighted by atomic mass is 10.2. The molecule has 0 saturated carbocycles. The van der Waals surface area contributed by atoms with Crippen LogP contribution in [0.5, 0.6) is 0 Å². The summed E-state index contributed by atoms with van der Waals surface area (Å²) >= 11 is 0. The van der Waals surface area contributed by atoms with E-state index < -0.39 is 29.0 Å². The van der Waals surface area contributed by atoms with Gasteiger partial charge in [-0.15, -0.1) is 0 Å². The van der Waals surface area contributed by atoms with Gasteiger partial charge in [0.15, 0.2) is 17.5 Å². The SMILES string of the molecule is CCN1CCN(c2cc(C(=O)Nc3ccc(F)c(F)c3F)nc(C)n2)CC1. The molecule has 1 aromatic carbocycles. The Kier molecular flexibility index (Phi) is 5.59. The van der Waals surface area contributed by atoms with Crippen molar-refractivity contribution in [2.45, 2.75) is 13.8 Å². The lowest BCUT2D eigenvalue weighted by Gasteiger charge is -2.34. The van der Waals surface area contributed by atoms with Gasteiger partial charge in [-0.1, -0.05) is 6.92 Å².